The summed E-state index contributed by atoms with van der Waals surface area (Å²) in [5, 5.41) is 3.11. The number of amides is 1. The number of benzene rings is 2. The van der Waals surface area contributed by atoms with Crippen LogP contribution < -0.4 is 10.1 Å². The summed E-state index contributed by atoms with van der Waals surface area (Å²) in [6.07, 6.45) is 4.90. The molecule has 1 N–H and O–H groups in total. The van der Waals surface area contributed by atoms with Crippen molar-refractivity contribution in [2.24, 2.45) is 0 Å². The first-order valence-corrected chi connectivity index (χ1v) is 9.23. The van der Waals surface area contributed by atoms with Crippen LogP contribution in [0.1, 0.15) is 66.7 Å². The first-order valence-electron chi connectivity index (χ1n) is 9.23. The van der Waals surface area contributed by atoms with Gasteiger partial charge in [-0.3, -0.25) is 4.79 Å². The van der Waals surface area contributed by atoms with Crippen molar-refractivity contribution in [2.45, 2.75) is 58.6 Å². The van der Waals surface area contributed by atoms with Gasteiger partial charge in [0.25, 0.3) is 5.91 Å². The van der Waals surface area contributed by atoms with Crippen molar-refractivity contribution in [2.75, 3.05) is 0 Å². The summed E-state index contributed by atoms with van der Waals surface area (Å²) in [5.74, 6) is 0.536. The summed E-state index contributed by atoms with van der Waals surface area (Å²) in [6.45, 7) is 5.96. The fraction of sp³-hybridized carbons (Fsp3) is 0.409. The van der Waals surface area contributed by atoms with Gasteiger partial charge in [-0.15, -0.1) is 0 Å². The molecule has 0 saturated heterocycles. The van der Waals surface area contributed by atoms with E-state index in [0.717, 1.165) is 12.0 Å². The average molecular weight is 337 g/mol. The Morgan fingerprint density at radius 2 is 1.72 bits per heavy atom. The van der Waals surface area contributed by atoms with E-state index in [0.29, 0.717) is 11.3 Å². The van der Waals surface area contributed by atoms with Gasteiger partial charge in [-0.25, -0.2) is 0 Å². The summed E-state index contributed by atoms with van der Waals surface area (Å²) >= 11 is 0. The maximum atomic E-state index is 12.7. The standard InChI is InChI=1S/C22H27NO2/c1-15(2)25-21-11-7-6-10-20(21)22(24)23-16(3)18-13-12-17-8-4-5-9-19(17)14-18/h6-7,10-16H,4-5,8-9H2,1-3H3,(H,23,24). The van der Waals surface area contributed by atoms with E-state index in [1.165, 1.54) is 30.4 Å². The number of hydrogen-bond donors (Lipinski definition) is 1. The van der Waals surface area contributed by atoms with Crippen LogP contribution in [0, 0.1) is 0 Å². The Bertz CT molecular complexity index is 751. The third-order valence-electron chi connectivity index (χ3n) is 4.71. The quantitative estimate of drug-likeness (QED) is 0.847. The van der Waals surface area contributed by atoms with Crippen LogP contribution in [0.5, 0.6) is 5.75 Å². The molecule has 0 fully saturated rings. The number of fused-ring (bicyclic) bond motifs is 1. The fourth-order valence-electron chi connectivity index (χ4n) is 3.39. The normalized spacial score (nSPS) is 14.7. The fourth-order valence-corrected chi connectivity index (χ4v) is 3.39. The highest BCUT2D eigenvalue weighted by Gasteiger charge is 2.17. The van der Waals surface area contributed by atoms with Gasteiger partial charge in [0.05, 0.1) is 17.7 Å². The zero-order valence-electron chi connectivity index (χ0n) is 15.3. The predicted octanol–water partition coefficient (Wildman–Crippen LogP) is 4.84. The smallest absolute Gasteiger partial charge is 0.255 e. The molecule has 2 aromatic rings. The van der Waals surface area contributed by atoms with Crippen molar-refractivity contribution < 1.29 is 9.53 Å². The van der Waals surface area contributed by atoms with E-state index in [2.05, 4.69) is 23.5 Å². The van der Waals surface area contributed by atoms with Gasteiger partial charge in [0.1, 0.15) is 5.75 Å². The molecule has 0 heterocycles. The molecule has 132 valence electrons. The lowest BCUT2D eigenvalue weighted by atomic mass is 9.89. The molecule has 3 nitrogen and oxygen atoms in total. The topological polar surface area (TPSA) is 38.3 Å². The van der Waals surface area contributed by atoms with E-state index in [1.54, 1.807) is 0 Å². The second-order valence-corrected chi connectivity index (χ2v) is 7.09. The van der Waals surface area contributed by atoms with E-state index in [9.17, 15) is 4.79 Å². The summed E-state index contributed by atoms with van der Waals surface area (Å²) in [5.41, 5.74) is 4.65. The van der Waals surface area contributed by atoms with Crippen molar-refractivity contribution in [3.05, 3.63) is 64.7 Å². The number of rotatable bonds is 5. The Morgan fingerprint density at radius 3 is 2.48 bits per heavy atom. The van der Waals surface area contributed by atoms with Crippen LogP contribution in [0.25, 0.3) is 0 Å². The van der Waals surface area contributed by atoms with Gasteiger partial charge in [0, 0.05) is 0 Å². The molecule has 1 aliphatic carbocycles. The Kier molecular flexibility index (Phi) is 5.42. The Hall–Kier alpha value is -2.29. The minimum Gasteiger partial charge on any atom is -0.490 e. The molecule has 0 aromatic heterocycles. The number of ether oxygens (including phenoxy) is 1. The zero-order chi connectivity index (χ0) is 17.8. The number of para-hydroxylation sites is 1. The van der Waals surface area contributed by atoms with Crippen molar-refractivity contribution >= 4 is 5.91 Å². The number of carbonyl (C=O) groups is 1. The third kappa shape index (κ3) is 4.22. The SMILES string of the molecule is CC(C)Oc1ccccc1C(=O)NC(C)c1ccc2c(c1)CCCC2. The highest BCUT2D eigenvalue weighted by molar-refractivity contribution is 5.97. The van der Waals surface area contributed by atoms with Crippen LogP contribution in [0.2, 0.25) is 0 Å². The van der Waals surface area contributed by atoms with Crippen molar-refractivity contribution in [1.82, 2.24) is 5.32 Å². The molecule has 0 saturated carbocycles. The van der Waals surface area contributed by atoms with E-state index >= 15 is 0 Å². The molecule has 2 aromatic carbocycles. The van der Waals surface area contributed by atoms with Gasteiger partial charge < -0.3 is 10.1 Å². The van der Waals surface area contributed by atoms with Gasteiger partial charge in [-0.05, 0) is 75.3 Å². The highest BCUT2D eigenvalue weighted by atomic mass is 16.5. The van der Waals surface area contributed by atoms with Gasteiger partial charge >= 0.3 is 0 Å². The zero-order valence-corrected chi connectivity index (χ0v) is 15.3. The maximum Gasteiger partial charge on any atom is 0.255 e. The minimum atomic E-state index is -0.0959. The second kappa shape index (κ2) is 7.73. The number of aryl methyl sites for hydroxylation is 2. The summed E-state index contributed by atoms with van der Waals surface area (Å²) in [6, 6.07) is 14.0. The van der Waals surface area contributed by atoms with Gasteiger partial charge in [0.2, 0.25) is 0 Å². The van der Waals surface area contributed by atoms with Crippen molar-refractivity contribution in [3.63, 3.8) is 0 Å². The van der Waals surface area contributed by atoms with Gasteiger partial charge in [0.15, 0.2) is 0 Å². The molecular formula is C22H27NO2. The molecule has 0 bridgehead atoms. The molecule has 25 heavy (non-hydrogen) atoms. The lowest BCUT2D eigenvalue weighted by molar-refractivity contribution is 0.0934. The van der Waals surface area contributed by atoms with E-state index in [-0.39, 0.29) is 18.1 Å². The molecule has 3 heteroatoms. The Balaban J connectivity index is 1.75. The molecule has 0 radical (unpaired) electrons. The number of hydrogen-bond acceptors (Lipinski definition) is 2. The Morgan fingerprint density at radius 1 is 1.00 bits per heavy atom. The van der Waals surface area contributed by atoms with Crippen LogP contribution >= 0.6 is 0 Å². The highest BCUT2D eigenvalue weighted by Crippen LogP contribution is 2.26. The van der Waals surface area contributed by atoms with Gasteiger partial charge in [-0.2, -0.15) is 0 Å². The largest absolute Gasteiger partial charge is 0.490 e. The van der Waals surface area contributed by atoms with Crippen molar-refractivity contribution in [3.8, 4) is 5.75 Å². The summed E-state index contributed by atoms with van der Waals surface area (Å²) in [7, 11) is 0. The maximum absolute atomic E-state index is 12.7. The van der Waals surface area contributed by atoms with Crippen LogP contribution in [0.15, 0.2) is 42.5 Å². The van der Waals surface area contributed by atoms with Crippen molar-refractivity contribution in [1.29, 1.82) is 0 Å². The van der Waals surface area contributed by atoms with Crippen LogP contribution in [0.3, 0.4) is 0 Å². The van der Waals surface area contributed by atoms with E-state index < -0.39 is 0 Å². The van der Waals surface area contributed by atoms with Crippen LogP contribution in [-0.4, -0.2) is 12.0 Å². The molecule has 1 atom stereocenters. The third-order valence-corrected chi connectivity index (χ3v) is 4.71. The Labute approximate surface area is 150 Å². The molecule has 3 rings (SSSR count). The number of nitrogens with one attached hydrogen (secondary N) is 1. The minimum absolute atomic E-state index is 0.0343. The lowest BCUT2D eigenvalue weighted by Gasteiger charge is -2.21. The summed E-state index contributed by atoms with van der Waals surface area (Å²) < 4.78 is 5.77. The second-order valence-electron chi connectivity index (χ2n) is 7.09. The molecular weight excluding hydrogens is 310 g/mol. The predicted molar refractivity (Wildman–Crippen MR) is 101 cm³/mol. The summed E-state index contributed by atoms with van der Waals surface area (Å²) in [4.78, 5) is 12.7. The molecule has 1 amide bonds. The van der Waals surface area contributed by atoms with Crippen LogP contribution in [0.4, 0.5) is 0 Å². The monoisotopic (exact) mass is 337 g/mol. The molecule has 0 spiro atoms. The molecule has 1 unspecified atom stereocenters. The lowest BCUT2D eigenvalue weighted by Crippen LogP contribution is -2.27. The number of carbonyl (C=O) groups excluding carboxylic acids is 1. The van der Waals surface area contributed by atoms with E-state index in [1.807, 2.05) is 45.0 Å². The van der Waals surface area contributed by atoms with Gasteiger partial charge in [-0.1, -0.05) is 30.3 Å². The average Bonchev–Trinajstić information content (AvgIpc) is 2.61. The first-order chi connectivity index (χ1) is 12.0. The molecule has 0 aliphatic heterocycles. The first kappa shape index (κ1) is 17.5. The van der Waals surface area contributed by atoms with Crippen LogP contribution in [-0.2, 0) is 12.8 Å². The molecule has 1 aliphatic rings. The van der Waals surface area contributed by atoms with E-state index in [4.69, 9.17) is 4.74 Å².